The summed E-state index contributed by atoms with van der Waals surface area (Å²) in [5.74, 6) is 0.988. The Morgan fingerprint density at radius 3 is 2.40 bits per heavy atom. The summed E-state index contributed by atoms with van der Waals surface area (Å²) in [5.41, 5.74) is 0.601. The normalized spacial score (nSPS) is 32.0. The molecule has 15 heavy (non-hydrogen) atoms. The predicted molar refractivity (Wildman–Crippen MR) is 66.0 cm³/mol. The molecule has 1 heteroatoms. The molecule has 0 bridgehead atoms. The van der Waals surface area contributed by atoms with E-state index < -0.39 is 0 Å². The maximum absolute atomic E-state index is 3.81. The molecule has 1 N–H and O–H groups in total. The van der Waals surface area contributed by atoms with E-state index in [4.69, 9.17) is 0 Å². The maximum Gasteiger partial charge on any atom is 0.00724 e. The minimum absolute atomic E-state index is 0.601. The fourth-order valence-corrected chi connectivity index (χ4v) is 3.33. The van der Waals surface area contributed by atoms with Crippen LogP contribution in [-0.2, 0) is 0 Å². The highest BCUT2D eigenvalue weighted by Crippen LogP contribution is 2.37. The highest BCUT2D eigenvalue weighted by molar-refractivity contribution is 4.86. The Morgan fingerprint density at radius 1 is 1.07 bits per heavy atom. The van der Waals surface area contributed by atoms with E-state index in [1.165, 1.54) is 57.9 Å². The van der Waals surface area contributed by atoms with Gasteiger partial charge in [-0.1, -0.05) is 33.1 Å². The van der Waals surface area contributed by atoms with Gasteiger partial charge in [0.1, 0.15) is 0 Å². The molecule has 0 spiro atoms. The predicted octanol–water partition coefficient (Wildman–Crippen LogP) is 3.74. The summed E-state index contributed by atoms with van der Waals surface area (Å²) in [6.45, 7) is 6.12. The van der Waals surface area contributed by atoms with E-state index in [0.29, 0.717) is 5.41 Å². The Hall–Kier alpha value is -0.0400. The lowest BCUT2D eigenvalue weighted by molar-refractivity contribution is 0.315. The van der Waals surface area contributed by atoms with Crippen molar-refractivity contribution in [3.05, 3.63) is 0 Å². The summed E-state index contributed by atoms with van der Waals surface area (Å²) in [6.07, 6.45) is 11.6. The van der Waals surface area contributed by atoms with Crippen LogP contribution in [0.15, 0.2) is 0 Å². The molecule has 0 saturated heterocycles. The van der Waals surface area contributed by atoms with Crippen molar-refractivity contribution in [3.8, 4) is 0 Å². The van der Waals surface area contributed by atoms with Gasteiger partial charge in [-0.25, -0.2) is 0 Å². The Morgan fingerprint density at radius 2 is 1.80 bits per heavy atom. The largest absolute Gasteiger partial charge is 0.314 e. The summed E-state index contributed by atoms with van der Waals surface area (Å²) in [5, 5.41) is 3.81. The second kappa shape index (κ2) is 4.86. The molecule has 0 aliphatic heterocycles. The van der Waals surface area contributed by atoms with Gasteiger partial charge in [0.15, 0.2) is 0 Å². The number of nitrogens with one attached hydrogen (secondary N) is 1. The Bertz CT molecular complexity index is 192. The van der Waals surface area contributed by atoms with Crippen molar-refractivity contribution in [1.82, 2.24) is 5.32 Å². The van der Waals surface area contributed by atoms with Gasteiger partial charge in [-0.05, 0) is 50.0 Å². The monoisotopic (exact) mass is 209 g/mol. The molecule has 2 saturated carbocycles. The lowest BCUT2D eigenvalue weighted by Gasteiger charge is -2.24. The van der Waals surface area contributed by atoms with Crippen LogP contribution >= 0.6 is 0 Å². The van der Waals surface area contributed by atoms with Crippen LogP contribution in [0, 0.1) is 11.3 Å². The van der Waals surface area contributed by atoms with Crippen molar-refractivity contribution < 1.29 is 0 Å². The van der Waals surface area contributed by atoms with Gasteiger partial charge in [-0.2, -0.15) is 0 Å². The number of rotatable bonds is 3. The molecule has 1 atom stereocenters. The number of hydrogen-bond acceptors (Lipinski definition) is 1. The van der Waals surface area contributed by atoms with Crippen LogP contribution in [-0.4, -0.2) is 12.6 Å². The Labute approximate surface area is 95.0 Å². The van der Waals surface area contributed by atoms with E-state index in [1.54, 1.807) is 0 Å². The third-order valence-corrected chi connectivity index (χ3v) is 4.39. The van der Waals surface area contributed by atoms with Crippen LogP contribution in [0.2, 0.25) is 0 Å². The van der Waals surface area contributed by atoms with Crippen LogP contribution in [0.4, 0.5) is 0 Å². The first-order valence-electron chi connectivity index (χ1n) is 6.89. The van der Waals surface area contributed by atoms with E-state index in [9.17, 15) is 0 Å². The standard InChI is InChI=1S/C14H27N/c1-14(2)9-8-13(10-14)15-11-12-6-4-3-5-7-12/h12-13,15H,3-11H2,1-2H3. The highest BCUT2D eigenvalue weighted by Gasteiger charge is 2.30. The molecular formula is C14H27N. The molecule has 2 aliphatic rings. The summed E-state index contributed by atoms with van der Waals surface area (Å²) in [7, 11) is 0. The first-order chi connectivity index (χ1) is 7.16. The topological polar surface area (TPSA) is 12.0 Å². The first kappa shape index (κ1) is 11.4. The zero-order valence-corrected chi connectivity index (χ0v) is 10.5. The van der Waals surface area contributed by atoms with Crippen LogP contribution in [0.3, 0.4) is 0 Å². The van der Waals surface area contributed by atoms with Crippen molar-refractivity contribution >= 4 is 0 Å². The van der Waals surface area contributed by atoms with Gasteiger partial charge in [0.2, 0.25) is 0 Å². The average Bonchev–Trinajstić information content (AvgIpc) is 2.57. The maximum atomic E-state index is 3.81. The molecule has 0 aromatic heterocycles. The van der Waals surface area contributed by atoms with Crippen molar-refractivity contribution in [2.24, 2.45) is 11.3 Å². The molecule has 1 nitrogen and oxygen atoms in total. The molecular weight excluding hydrogens is 182 g/mol. The SMILES string of the molecule is CC1(C)CCC(NCC2CCCCC2)C1. The van der Waals surface area contributed by atoms with Crippen LogP contribution in [0.25, 0.3) is 0 Å². The second-order valence-corrected chi connectivity index (χ2v) is 6.52. The fraction of sp³-hybridized carbons (Fsp3) is 1.00. The lowest BCUT2D eigenvalue weighted by Crippen LogP contribution is -2.32. The van der Waals surface area contributed by atoms with Crippen molar-refractivity contribution in [2.45, 2.75) is 71.3 Å². The minimum Gasteiger partial charge on any atom is -0.314 e. The van der Waals surface area contributed by atoms with Gasteiger partial charge >= 0.3 is 0 Å². The zero-order chi connectivity index (χ0) is 10.7. The van der Waals surface area contributed by atoms with Crippen LogP contribution < -0.4 is 5.32 Å². The summed E-state index contributed by atoms with van der Waals surface area (Å²) >= 11 is 0. The van der Waals surface area contributed by atoms with Crippen molar-refractivity contribution in [3.63, 3.8) is 0 Å². The molecule has 2 fully saturated rings. The smallest absolute Gasteiger partial charge is 0.00724 e. The van der Waals surface area contributed by atoms with Crippen molar-refractivity contribution in [2.75, 3.05) is 6.54 Å². The Balaban J connectivity index is 1.65. The van der Waals surface area contributed by atoms with E-state index in [1.807, 2.05) is 0 Å². The fourth-order valence-electron chi connectivity index (χ4n) is 3.33. The van der Waals surface area contributed by atoms with Gasteiger partial charge in [0, 0.05) is 6.04 Å². The van der Waals surface area contributed by atoms with E-state index >= 15 is 0 Å². The highest BCUT2D eigenvalue weighted by atomic mass is 14.9. The minimum atomic E-state index is 0.601. The molecule has 88 valence electrons. The number of hydrogen-bond donors (Lipinski definition) is 1. The summed E-state index contributed by atoms with van der Waals surface area (Å²) < 4.78 is 0. The summed E-state index contributed by atoms with van der Waals surface area (Å²) in [6, 6.07) is 0.821. The lowest BCUT2D eigenvalue weighted by atomic mass is 9.89. The van der Waals surface area contributed by atoms with Gasteiger partial charge in [-0.3, -0.25) is 0 Å². The van der Waals surface area contributed by atoms with E-state index in [2.05, 4.69) is 19.2 Å². The molecule has 1 unspecified atom stereocenters. The average molecular weight is 209 g/mol. The van der Waals surface area contributed by atoms with Gasteiger partial charge in [0.05, 0.1) is 0 Å². The van der Waals surface area contributed by atoms with Gasteiger partial charge in [-0.15, -0.1) is 0 Å². The molecule has 2 rings (SSSR count). The molecule has 2 aliphatic carbocycles. The summed E-state index contributed by atoms with van der Waals surface area (Å²) in [4.78, 5) is 0. The quantitative estimate of drug-likeness (QED) is 0.746. The molecule has 0 aromatic rings. The van der Waals surface area contributed by atoms with Crippen LogP contribution in [0.1, 0.15) is 65.2 Å². The van der Waals surface area contributed by atoms with Crippen LogP contribution in [0.5, 0.6) is 0 Å². The molecule has 0 amide bonds. The third-order valence-electron chi connectivity index (χ3n) is 4.39. The third kappa shape index (κ3) is 3.48. The molecule has 0 radical (unpaired) electrons. The van der Waals surface area contributed by atoms with Gasteiger partial charge < -0.3 is 5.32 Å². The van der Waals surface area contributed by atoms with Gasteiger partial charge in [0.25, 0.3) is 0 Å². The second-order valence-electron chi connectivity index (χ2n) is 6.52. The zero-order valence-electron chi connectivity index (χ0n) is 10.5. The van der Waals surface area contributed by atoms with E-state index in [0.717, 1.165) is 12.0 Å². The molecule has 0 aromatic carbocycles. The van der Waals surface area contributed by atoms with E-state index in [-0.39, 0.29) is 0 Å². The first-order valence-corrected chi connectivity index (χ1v) is 6.89. The molecule has 0 heterocycles. The Kier molecular flexibility index (Phi) is 3.71. The van der Waals surface area contributed by atoms with Crippen molar-refractivity contribution in [1.29, 1.82) is 0 Å².